The Bertz CT molecular complexity index is 308. The molecule has 1 aliphatic heterocycles. The van der Waals surface area contributed by atoms with Crippen molar-refractivity contribution in [1.82, 2.24) is 5.32 Å². The molecule has 5 heteroatoms. The van der Waals surface area contributed by atoms with Gasteiger partial charge in [-0.3, -0.25) is 4.79 Å². The van der Waals surface area contributed by atoms with Crippen molar-refractivity contribution in [3.63, 3.8) is 0 Å². The minimum atomic E-state index is -1.21. The first kappa shape index (κ1) is 15.0. The third-order valence-corrected chi connectivity index (χ3v) is 3.22. The van der Waals surface area contributed by atoms with Gasteiger partial charge in [0.1, 0.15) is 0 Å². The van der Waals surface area contributed by atoms with E-state index in [1.165, 1.54) is 0 Å². The molecule has 0 aliphatic carbocycles. The highest BCUT2D eigenvalue weighted by molar-refractivity contribution is 5.87. The van der Waals surface area contributed by atoms with E-state index in [1.54, 1.807) is 0 Å². The molecule has 1 amide bonds. The van der Waals surface area contributed by atoms with Gasteiger partial charge in [0.25, 0.3) is 0 Å². The SMILES string of the molecule is CC(C)CC(C)CC(=O)NC1(C(=O)O)CCOC1. The molecule has 0 spiro atoms. The number of nitrogens with one attached hydrogen (secondary N) is 1. The lowest BCUT2D eigenvalue weighted by atomic mass is 9.94. The maximum atomic E-state index is 11.9. The van der Waals surface area contributed by atoms with E-state index in [4.69, 9.17) is 4.74 Å². The fraction of sp³-hybridized carbons (Fsp3) is 0.846. The minimum absolute atomic E-state index is 0.0621. The summed E-state index contributed by atoms with van der Waals surface area (Å²) in [7, 11) is 0. The molecule has 104 valence electrons. The van der Waals surface area contributed by atoms with E-state index in [9.17, 15) is 14.7 Å². The summed E-state index contributed by atoms with van der Waals surface area (Å²) in [5.74, 6) is -0.407. The third-order valence-electron chi connectivity index (χ3n) is 3.22. The molecule has 1 rings (SSSR count). The normalized spacial score (nSPS) is 25.1. The standard InChI is InChI=1S/C13H23NO4/c1-9(2)6-10(3)7-11(15)14-13(12(16)17)4-5-18-8-13/h9-10H,4-8H2,1-3H3,(H,14,15)(H,16,17). The van der Waals surface area contributed by atoms with E-state index >= 15 is 0 Å². The largest absolute Gasteiger partial charge is 0.479 e. The number of hydrogen-bond acceptors (Lipinski definition) is 3. The molecule has 1 aliphatic rings. The zero-order valence-electron chi connectivity index (χ0n) is 11.4. The molecule has 2 atom stereocenters. The number of aliphatic carboxylic acids is 1. The topological polar surface area (TPSA) is 75.6 Å². The van der Waals surface area contributed by atoms with Gasteiger partial charge in [-0.1, -0.05) is 20.8 Å². The number of amides is 1. The summed E-state index contributed by atoms with van der Waals surface area (Å²) >= 11 is 0. The zero-order chi connectivity index (χ0) is 13.8. The van der Waals surface area contributed by atoms with Gasteiger partial charge in [-0.25, -0.2) is 4.79 Å². The van der Waals surface area contributed by atoms with Crippen molar-refractivity contribution in [2.24, 2.45) is 11.8 Å². The van der Waals surface area contributed by atoms with Crippen LogP contribution in [0, 0.1) is 11.8 Å². The predicted molar refractivity (Wildman–Crippen MR) is 67.2 cm³/mol. The number of hydrogen-bond donors (Lipinski definition) is 2. The average molecular weight is 257 g/mol. The first-order valence-corrected chi connectivity index (χ1v) is 6.48. The maximum absolute atomic E-state index is 11.9. The van der Waals surface area contributed by atoms with E-state index in [-0.39, 0.29) is 18.4 Å². The van der Waals surface area contributed by atoms with Crippen LogP contribution in [-0.4, -0.2) is 35.7 Å². The Balaban J connectivity index is 2.50. The lowest BCUT2D eigenvalue weighted by Gasteiger charge is -2.24. The summed E-state index contributed by atoms with van der Waals surface area (Å²) in [6.07, 6.45) is 1.67. The third kappa shape index (κ3) is 3.98. The Morgan fingerprint density at radius 3 is 2.50 bits per heavy atom. The van der Waals surface area contributed by atoms with Crippen molar-refractivity contribution in [2.75, 3.05) is 13.2 Å². The molecule has 1 saturated heterocycles. The van der Waals surface area contributed by atoms with Crippen LogP contribution in [0.2, 0.25) is 0 Å². The van der Waals surface area contributed by atoms with Crippen molar-refractivity contribution in [3.05, 3.63) is 0 Å². The molecule has 1 fully saturated rings. The first-order chi connectivity index (χ1) is 8.35. The summed E-state index contributed by atoms with van der Waals surface area (Å²) in [6.45, 7) is 6.68. The summed E-state index contributed by atoms with van der Waals surface area (Å²) in [6, 6.07) is 0. The van der Waals surface area contributed by atoms with Crippen LogP contribution in [-0.2, 0) is 14.3 Å². The van der Waals surface area contributed by atoms with Crippen molar-refractivity contribution in [3.8, 4) is 0 Å². The van der Waals surface area contributed by atoms with Gasteiger partial charge < -0.3 is 15.2 Å². The Kier molecular flexibility index (Phi) is 5.14. The molecular formula is C13H23NO4. The molecule has 0 bridgehead atoms. The van der Waals surface area contributed by atoms with E-state index in [2.05, 4.69) is 19.2 Å². The quantitative estimate of drug-likeness (QED) is 0.754. The van der Waals surface area contributed by atoms with Crippen LogP contribution in [0.15, 0.2) is 0 Å². The lowest BCUT2D eigenvalue weighted by Crippen LogP contribution is -2.55. The van der Waals surface area contributed by atoms with Crippen molar-refractivity contribution in [2.45, 2.75) is 45.6 Å². The van der Waals surface area contributed by atoms with Gasteiger partial charge in [-0.05, 0) is 18.3 Å². The second kappa shape index (κ2) is 6.18. The van der Waals surface area contributed by atoms with E-state index in [0.717, 1.165) is 6.42 Å². The van der Waals surface area contributed by atoms with Crippen molar-refractivity contribution < 1.29 is 19.4 Å². The monoisotopic (exact) mass is 257 g/mol. The minimum Gasteiger partial charge on any atom is -0.479 e. The smallest absolute Gasteiger partial charge is 0.331 e. The summed E-state index contributed by atoms with van der Waals surface area (Å²) in [5.41, 5.74) is -1.21. The van der Waals surface area contributed by atoms with Gasteiger partial charge in [0.15, 0.2) is 5.54 Å². The second-order valence-electron chi connectivity index (χ2n) is 5.68. The highest BCUT2D eigenvalue weighted by atomic mass is 16.5. The van der Waals surface area contributed by atoms with Crippen LogP contribution in [0.3, 0.4) is 0 Å². The van der Waals surface area contributed by atoms with E-state index < -0.39 is 11.5 Å². The molecule has 5 nitrogen and oxygen atoms in total. The number of carboxylic acids is 1. The number of carbonyl (C=O) groups is 2. The van der Waals surface area contributed by atoms with Gasteiger partial charge in [-0.2, -0.15) is 0 Å². The van der Waals surface area contributed by atoms with Gasteiger partial charge in [0, 0.05) is 19.4 Å². The predicted octanol–water partition coefficient (Wildman–Crippen LogP) is 1.42. The summed E-state index contributed by atoms with van der Waals surface area (Å²) in [4.78, 5) is 23.1. The van der Waals surface area contributed by atoms with Gasteiger partial charge in [0.05, 0.1) is 6.61 Å². The van der Waals surface area contributed by atoms with Crippen LogP contribution < -0.4 is 5.32 Å². The van der Waals surface area contributed by atoms with E-state index in [1.807, 2.05) is 6.92 Å². The molecule has 2 N–H and O–H groups in total. The maximum Gasteiger partial charge on any atom is 0.331 e. The van der Waals surface area contributed by atoms with Crippen LogP contribution in [0.4, 0.5) is 0 Å². The Hall–Kier alpha value is -1.10. The molecule has 18 heavy (non-hydrogen) atoms. The van der Waals surface area contributed by atoms with E-state index in [0.29, 0.717) is 25.4 Å². The number of rotatable bonds is 6. The van der Waals surface area contributed by atoms with Gasteiger partial charge in [-0.15, -0.1) is 0 Å². The molecule has 0 aromatic rings. The summed E-state index contributed by atoms with van der Waals surface area (Å²) in [5, 5.41) is 11.8. The fourth-order valence-electron chi connectivity index (χ4n) is 2.41. The molecule has 0 aromatic heterocycles. The molecular weight excluding hydrogens is 234 g/mol. The van der Waals surface area contributed by atoms with Gasteiger partial charge in [0.2, 0.25) is 5.91 Å². The second-order valence-corrected chi connectivity index (χ2v) is 5.68. The molecule has 2 unspecified atom stereocenters. The average Bonchev–Trinajstić information content (AvgIpc) is 2.65. The van der Waals surface area contributed by atoms with Crippen LogP contribution in [0.5, 0.6) is 0 Å². The zero-order valence-corrected chi connectivity index (χ0v) is 11.4. The molecule has 0 aromatic carbocycles. The molecule has 1 heterocycles. The first-order valence-electron chi connectivity index (χ1n) is 6.48. The van der Waals surface area contributed by atoms with Crippen molar-refractivity contribution in [1.29, 1.82) is 0 Å². The van der Waals surface area contributed by atoms with Crippen LogP contribution in [0.1, 0.15) is 40.0 Å². The molecule has 0 radical (unpaired) electrons. The Morgan fingerprint density at radius 1 is 1.39 bits per heavy atom. The van der Waals surface area contributed by atoms with Crippen LogP contribution >= 0.6 is 0 Å². The van der Waals surface area contributed by atoms with Crippen LogP contribution in [0.25, 0.3) is 0 Å². The van der Waals surface area contributed by atoms with Crippen molar-refractivity contribution >= 4 is 11.9 Å². The Morgan fingerprint density at radius 2 is 2.06 bits per heavy atom. The highest BCUT2D eigenvalue weighted by Crippen LogP contribution is 2.20. The lowest BCUT2D eigenvalue weighted by molar-refractivity contribution is -0.147. The summed E-state index contributed by atoms with van der Waals surface area (Å²) < 4.78 is 5.10. The Labute approximate surface area is 108 Å². The van der Waals surface area contributed by atoms with Gasteiger partial charge >= 0.3 is 5.97 Å². The number of carboxylic acid groups (broad SMARTS) is 1. The fourth-order valence-corrected chi connectivity index (χ4v) is 2.41. The number of carbonyl (C=O) groups excluding carboxylic acids is 1. The number of ether oxygens (including phenoxy) is 1. The molecule has 0 saturated carbocycles. The highest BCUT2D eigenvalue weighted by Gasteiger charge is 2.43.